The van der Waals surface area contributed by atoms with Gasteiger partial charge in [-0.3, -0.25) is 10.1 Å². The summed E-state index contributed by atoms with van der Waals surface area (Å²) in [5.41, 5.74) is 10.1. The predicted molar refractivity (Wildman–Crippen MR) is 104 cm³/mol. The molecule has 4 rings (SSSR count). The second-order valence-corrected chi connectivity index (χ2v) is 6.44. The molecular formula is C19H21N7O. The number of nitrogens with one attached hydrogen (secondary N) is 1. The lowest BCUT2D eigenvalue weighted by Crippen LogP contribution is -2.36. The molecule has 1 aliphatic rings. The number of ether oxygens (including phenoxy) is 1. The maximum atomic E-state index is 8.65. The molecule has 0 amide bonds. The normalized spacial score (nSPS) is 14.3. The highest BCUT2D eigenvalue weighted by Gasteiger charge is 2.16. The number of rotatable bonds is 4. The van der Waals surface area contributed by atoms with Crippen molar-refractivity contribution in [3.05, 3.63) is 54.2 Å². The van der Waals surface area contributed by atoms with E-state index in [1.807, 2.05) is 37.5 Å². The summed E-state index contributed by atoms with van der Waals surface area (Å²) < 4.78 is 7.14. The Balaban J connectivity index is 1.66. The van der Waals surface area contributed by atoms with Crippen molar-refractivity contribution < 1.29 is 4.74 Å². The van der Waals surface area contributed by atoms with Crippen molar-refractivity contribution in [2.45, 2.75) is 0 Å². The first-order valence-electron chi connectivity index (χ1n) is 8.74. The number of aromatic nitrogens is 4. The van der Waals surface area contributed by atoms with Crippen LogP contribution in [-0.2, 0) is 11.8 Å². The molecule has 3 aromatic rings. The molecule has 3 heterocycles. The molecule has 8 heteroatoms. The van der Waals surface area contributed by atoms with Gasteiger partial charge in [-0.25, -0.2) is 9.97 Å². The number of anilines is 2. The molecule has 0 saturated carbocycles. The van der Waals surface area contributed by atoms with Crippen molar-refractivity contribution in [3.63, 3.8) is 0 Å². The average molecular weight is 363 g/mol. The molecule has 0 radical (unpaired) electrons. The maximum Gasteiger partial charge on any atom is 0.132 e. The Morgan fingerprint density at radius 3 is 2.70 bits per heavy atom. The van der Waals surface area contributed by atoms with Crippen molar-refractivity contribution >= 4 is 17.2 Å². The Bertz CT molecular complexity index is 976. The topological polar surface area (TPSA) is 106 Å². The van der Waals surface area contributed by atoms with E-state index in [0.29, 0.717) is 30.2 Å². The SMILES string of the molecule is Cn1cc(-c2ccc(N)c(C(=N)c3cc(N4CCOCC4)ncn3)c2)cn1. The van der Waals surface area contributed by atoms with Gasteiger partial charge in [0.25, 0.3) is 0 Å². The first kappa shape index (κ1) is 17.2. The third kappa shape index (κ3) is 3.52. The molecule has 0 atom stereocenters. The van der Waals surface area contributed by atoms with Crippen LogP contribution in [0.25, 0.3) is 11.1 Å². The molecule has 8 nitrogen and oxygen atoms in total. The molecule has 2 aromatic heterocycles. The fourth-order valence-electron chi connectivity index (χ4n) is 3.11. The first-order valence-corrected chi connectivity index (χ1v) is 8.74. The van der Waals surface area contributed by atoms with Crippen molar-refractivity contribution in [2.75, 3.05) is 36.9 Å². The zero-order valence-corrected chi connectivity index (χ0v) is 15.1. The average Bonchev–Trinajstić information content (AvgIpc) is 3.15. The van der Waals surface area contributed by atoms with Crippen LogP contribution in [-0.4, -0.2) is 51.8 Å². The van der Waals surface area contributed by atoms with E-state index < -0.39 is 0 Å². The lowest BCUT2D eigenvalue weighted by molar-refractivity contribution is 0.122. The molecule has 1 saturated heterocycles. The molecule has 1 fully saturated rings. The number of aryl methyl sites for hydroxylation is 1. The summed E-state index contributed by atoms with van der Waals surface area (Å²) in [4.78, 5) is 10.8. The summed E-state index contributed by atoms with van der Waals surface area (Å²) in [7, 11) is 1.87. The van der Waals surface area contributed by atoms with Crippen LogP contribution in [0.1, 0.15) is 11.3 Å². The lowest BCUT2D eigenvalue weighted by Gasteiger charge is -2.27. The van der Waals surface area contributed by atoms with E-state index in [1.165, 1.54) is 6.33 Å². The van der Waals surface area contributed by atoms with E-state index in [-0.39, 0.29) is 5.71 Å². The van der Waals surface area contributed by atoms with Gasteiger partial charge in [-0.2, -0.15) is 5.10 Å². The van der Waals surface area contributed by atoms with Gasteiger partial charge in [-0.05, 0) is 17.7 Å². The Hall–Kier alpha value is -3.26. The number of nitrogens with zero attached hydrogens (tertiary/aromatic N) is 5. The molecular weight excluding hydrogens is 342 g/mol. The van der Waals surface area contributed by atoms with Crippen LogP contribution in [0, 0.1) is 5.41 Å². The van der Waals surface area contributed by atoms with E-state index in [0.717, 1.165) is 30.0 Å². The zero-order chi connectivity index (χ0) is 18.8. The monoisotopic (exact) mass is 363 g/mol. The number of nitrogens with two attached hydrogens (primary N) is 1. The summed E-state index contributed by atoms with van der Waals surface area (Å²) in [6.07, 6.45) is 5.22. The number of morpholine rings is 1. The minimum atomic E-state index is 0.273. The van der Waals surface area contributed by atoms with Gasteiger partial charge in [0, 0.05) is 49.2 Å². The number of nitrogen functional groups attached to an aromatic ring is 1. The summed E-state index contributed by atoms with van der Waals surface area (Å²) >= 11 is 0. The van der Waals surface area contributed by atoms with Crippen molar-refractivity contribution in [1.29, 1.82) is 5.41 Å². The fraction of sp³-hybridized carbons (Fsp3) is 0.263. The van der Waals surface area contributed by atoms with Crippen LogP contribution in [0.5, 0.6) is 0 Å². The minimum Gasteiger partial charge on any atom is -0.398 e. The summed E-state index contributed by atoms with van der Waals surface area (Å²) in [5, 5.41) is 12.9. The standard InChI is InChI=1S/C19H21N7O/c1-25-11-14(10-24-25)13-2-3-16(20)15(8-13)19(21)17-9-18(23-12-22-17)26-4-6-27-7-5-26/h2-3,8-12,21H,4-7,20H2,1H3. The van der Waals surface area contributed by atoms with Gasteiger partial charge in [0.1, 0.15) is 12.1 Å². The smallest absolute Gasteiger partial charge is 0.132 e. The highest BCUT2D eigenvalue weighted by molar-refractivity contribution is 6.13. The second-order valence-electron chi connectivity index (χ2n) is 6.44. The molecule has 0 bridgehead atoms. The Morgan fingerprint density at radius 1 is 1.15 bits per heavy atom. The zero-order valence-electron chi connectivity index (χ0n) is 15.1. The number of hydrogen-bond donors (Lipinski definition) is 2. The van der Waals surface area contributed by atoms with Gasteiger partial charge >= 0.3 is 0 Å². The van der Waals surface area contributed by atoms with Crippen LogP contribution >= 0.6 is 0 Å². The minimum absolute atomic E-state index is 0.273. The van der Waals surface area contributed by atoms with E-state index in [9.17, 15) is 0 Å². The largest absolute Gasteiger partial charge is 0.398 e. The van der Waals surface area contributed by atoms with Gasteiger partial charge in [0.15, 0.2) is 0 Å². The quantitative estimate of drug-likeness (QED) is 0.540. The molecule has 0 aliphatic carbocycles. The van der Waals surface area contributed by atoms with Crippen LogP contribution in [0.2, 0.25) is 0 Å². The van der Waals surface area contributed by atoms with Crippen LogP contribution < -0.4 is 10.6 Å². The van der Waals surface area contributed by atoms with Crippen LogP contribution in [0.3, 0.4) is 0 Å². The van der Waals surface area contributed by atoms with Gasteiger partial charge in [-0.15, -0.1) is 0 Å². The van der Waals surface area contributed by atoms with Gasteiger partial charge < -0.3 is 15.4 Å². The molecule has 1 aromatic carbocycles. The first-order chi connectivity index (χ1) is 13.1. The summed E-state index contributed by atoms with van der Waals surface area (Å²) in [6, 6.07) is 7.49. The third-order valence-electron chi connectivity index (χ3n) is 4.60. The third-order valence-corrected chi connectivity index (χ3v) is 4.60. The van der Waals surface area contributed by atoms with Crippen molar-refractivity contribution in [2.24, 2.45) is 7.05 Å². The molecule has 27 heavy (non-hydrogen) atoms. The summed E-state index contributed by atoms with van der Waals surface area (Å²) in [6.45, 7) is 2.92. The van der Waals surface area contributed by atoms with E-state index in [1.54, 1.807) is 10.9 Å². The highest BCUT2D eigenvalue weighted by Crippen LogP contribution is 2.25. The Kier molecular flexibility index (Phi) is 4.55. The van der Waals surface area contributed by atoms with Crippen LogP contribution in [0.4, 0.5) is 11.5 Å². The molecule has 1 aliphatic heterocycles. The molecule has 3 N–H and O–H groups in total. The van der Waals surface area contributed by atoms with Gasteiger partial charge in [-0.1, -0.05) is 6.07 Å². The molecule has 0 spiro atoms. The van der Waals surface area contributed by atoms with E-state index in [4.69, 9.17) is 15.9 Å². The second kappa shape index (κ2) is 7.16. The highest BCUT2D eigenvalue weighted by atomic mass is 16.5. The van der Waals surface area contributed by atoms with Gasteiger partial charge in [0.05, 0.1) is 30.8 Å². The van der Waals surface area contributed by atoms with E-state index >= 15 is 0 Å². The molecule has 0 unspecified atom stereocenters. The number of hydrogen-bond acceptors (Lipinski definition) is 7. The predicted octanol–water partition coefficient (Wildman–Crippen LogP) is 1.71. The fourth-order valence-corrected chi connectivity index (χ4v) is 3.11. The van der Waals surface area contributed by atoms with Crippen LogP contribution in [0.15, 0.2) is 43.0 Å². The lowest BCUT2D eigenvalue weighted by atomic mass is 9.99. The summed E-state index contributed by atoms with van der Waals surface area (Å²) in [5.74, 6) is 0.801. The van der Waals surface area contributed by atoms with E-state index in [2.05, 4.69) is 20.0 Å². The van der Waals surface area contributed by atoms with Gasteiger partial charge in [0.2, 0.25) is 0 Å². The Labute approximate surface area is 157 Å². The maximum absolute atomic E-state index is 8.65. The van der Waals surface area contributed by atoms with Crippen molar-refractivity contribution in [3.8, 4) is 11.1 Å². The van der Waals surface area contributed by atoms with Crippen molar-refractivity contribution in [1.82, 2.24) is 19.7 Å². The molecule has 138 valence electrons. The number of benzene rings is 1. The Morgan fingerprint density at radius 2 is 1.96 bits per heavy atom.